The molecule has 0 heterocycles. The fourth-order valence-electron chi connectivity index (χ4n) is 12.1. The van der Waals surface area contributed by atoms with Gasteiger partial charge in [-0.3, -0.25) is 6.08 Å². The SMILES string of the molecule is CC1=CC=CC2[CH-]C3(C)C4(C)C=CC=CC4(C)C4(C)C=CC=CC4(C)C3(C)C12C.CCCC1[C-]=CC(C(C)(C)C)=C1.[Cl-].[Cl-].[Zr+2]=[C](c1ccccc1)c1ccccc1. The molecule has 6 aliphatic rings. The topological polar surface area (TPSA) is 0 Å². The molecule has 0 bridgehead atoms. The van der Waals surface area contributed by atoms with Crippen molar-refractivity contribution in [2.24, 2.45) is 55.2 Å². The predicted octanol–water partition coefficient (Wildman–Crippen LogP) is 8.20. The third-order valence-electron chi connectivity index (χ3n) is 16.5. The zero-order chi connectivity index (χ0) is 40.1. The van der Waals surface area contributed by atoms with Gasteiger partial charge in [-0.25, -0.2) is 6.08 Å². The Morgan fingerprint density at radius 3 is 1.65 bits per heavy atom. The summed E-state index contributed by atoms with van der Waals surface area (Å²) in [6.45, 7) is 29.3. The second-order valence-electron chi connectivity index (χ2n) is 19.4. The average molecular weight is 877 g/mol. The molecule has 8 rings (SSSR count). The van der Waals surface area contributed by atoms with E-state index in [-0.39, 0.29) is 62.7 Å². The molecule has 2 aromatic carbocycles. The molecule has 0 N–H and O–H groups in total. The van der Waals surface area contributed by atoms with E-state index in [0.717, 1.165) is 0 Å². The van der Waals surface area contributed by atoms with Crippen LogP contribution in [0.25, 0.3) is 0 Å². The van der Waals surface area contributed by atoms with Crippen molar-refractivity contribution in [1.29, 1.82) is 0 Å². The molecule has 6 aliphatic carbocycles. The molecule has 2 fully saturated rings. The van der Waals surface area contributed by atoms with Crippen molar-refractivity contribution in [2.75, 3.05) is 0 Å². The summed E-state index contributed by atoms with van der Waals surface area (Å²) >= 11 is 1.46. The van der Waals surface area contributed by atoms with Gasteiger partial charge in [-0.1, -0.05) is 167 Å². The summed E-state index contributed by atoms with van der Waals surface area (Å²) in [7, 11) is 0. The zero-order valence-electron chi connectivity index (χ0n) is 36.7. The Bertz CT molecular complexity index is 1980. The normalized spacial score (nSPS) is 37.3. The molecule has 2 aromatic rings. The molecule has 9 atom stereocenters. The van der Waals surface area contributed by atoms with Gasteiger partial charge >= 0.3 is 99.2 Å². The van der Waals surface area contributed by atoms with Crippen LogP contribution in [0.1, 0.15) is 107 Å². The van der Waals surface area contributed by atoms with E-state index in [0.29, 0.717) is 17.3 Å². The maximum atomic E-state index is 3.40. The molecule has 2 saturated carbocycles. The fourth-order valence-corrected chi connectivity index (χ4v) is 12.9. The molecule has 0 radical (unpaired) electrons. The average Bonchev–Trinajstić information content (AvgIpc) is 3.73. The van der Waals surface area contributed by atoms with E-state index in [1.54, 1.807) is 0 Å². The van der Waals surface area contributed by atoms with Crippen LogP contribution in [-0.2, 0) is 24.2 Å². The van der Waals surface area contributed by atoms with Gasteiger partial charge in [-0.2, -0.15) is 11.6 Å². The fraction of sp³-hybridized carbons (Fsp3) is 0.444. The molecule has 0 aliphatic heterocycles. The number of halogens is 2. The van der Waals surface area contributed by atoms with Crippen LogP contribution in [-0.4, -0.2) is 3.21 Å². The molecule has 302 valence electrons. The van der Waals surface area contributed by atoms with E-state index in [9.17, 15) is 0 Å². The van der Waals surface area contributed by atoms with Crippen molar-refractivity contribution >= 4 is 3.21 Å². The van der Waals surface area contributed by atoms with Crippen LogP contribution in [0.3, 0.4) is 0 Å². The van der Waals surface area contributed by atoms with Gasteiger partial charge in [-0.05, 0) is 28.6 Å². The molecule has 57 heavy (non-hydrogen) atoms. The van der Waals surface area contributed by atoms with Crippen molar-refractivity contribution in [2.45, 2.75) is 95.9 Å². The van der Waals surface area contributed by atoms with Crippen LogP contribution in [0.4, 0.5) is 0 Å². The summed E-state index contributed by atoms with van der Waals surface area (Å²) in [6.07, 6.45) is 39.7. The molecule has 9 unspecified atom stereocenters. The first-order valence-electron chi connectivity index (χ1n) is 20.8. The molecule has 0 aromatic heterocycles. The van der Waals surface area contributed by atoms with Crippen LogP contribution < -0.4 is 24.8 Å². The summed E-state index contributed by atoms with van der Waals surface area (Å²) in [6, 6.07) is 21.1. The van der Waals surface area contributed by atoms with E-state index in [4.69, 9.17) is 0 Å². The maximum absolute atomic E-state index is 3.40. The van der Waals surface area contributed by atoms with Crippen molar-refractivity contribution in [3.63, 3.8) is 0 Å². The number of allylic oxidation sites excluding steroid dienone is 16. The molecule has 0 spiro atoms. The predicted molar refractivity (Wildman–Crippen MR) is 234 cm³/mol. The van der Waals surface area contributed by atoms with Gasteiger partial charge in [0.15, 0.2) is 0 Å². The number of rotatable bonds is 4. The van der Waals surface area contributed by atoms with Crippen LogP contribution in [0, 0.1) is 67.7 Å². The van der Waals surface area contributed by atoms with E-state index < -0.39 is 0 Å². The number of benzene rings is 2. The van der Waals surface area contributed by atoms with Crippen molar-refractivity contribution in [3.8, 4) is 0 Å². The second kappa shape index (κ2) is 17.0. The minimum atomic E-state index is 0. The van der Waals surface area contributed by atoms with E-state index >= 15 is 0 Å². The van der Waals surface area contributed by atoms with Crippen molar-refractivity contribution < 1.29 is 49.0 Å². The first-order chi connectivity index (χ1) is 25.8. The number of hydrogen-bond donors (Lipinski definition) is 0. The van der Waals surface area contributed by atoms with Gasteiger partial charge in [0.25, 0.3) is 0 Å². The first-order valence-corrected chi connectivity index (χ1v) is 22.0. The molecule has 0 saturated heterocycles. The Kier molecular flexibility index (Phi) is 14.1. The quantitative estimate of drug-likeness (QED) is 0.272. The third kappa shape index (κ3) is 6.95. The molecular formula is C54H66Cl2Zr-2. The second-order valence-corrected chi connectivity index (χ2v) is 20.6. The molecular weight excluding hydrogens is 811 g/mol. The summed E-state index contributed by atoms with van der Waals surface area (Å²) in [5.41, 5.74) is 6.14. The van der Waals surface area contributed by atoms with Crippen molar-refractivity contribution in [1.82, 2.24) is 0 Å². The summed E-state index contributed by atoms with van der Waals surface area (Å²) in [4.78, 5) is 0. The third-order valence-corrected chi connectivity index (χ3v) is 17.9. The van der Waals surface area contributed by atoms with Gasteiger partial charge in [0.05, 0.1) is 0 Å². The van der Waals surface area contributed by atoms with E-state index in [1.807, 2.05) is 0 Å². The van der Waals surface area contributed by atoms with Gasteiger partial charge in [0.2, 0.25) is 0 Å². The van der Waals surface area contributed by atoms with Gasteiger partial charge in [-0.15, -0.1) is 17.4 Å². The molecule has 0 nitrogen and oxygen atoms in total. The summed E-state index contributed by atoms with van der Waals surface area (Å²) < 4.78 is 1.42. The van der Waals surface area contributed by atoms with Gasteiger partial charge < -0.3 is 31.2 Å². The Hall–Kier alpha value is -2.31. The monoisotopic (exact) mass is 874 g/mol. The summed E-state index contributed by atoms with van der Waals surface area (Å²) in [5.74, 6) is 1.05. The molecule has 0 amide bonds. The van der Waals surface area contributed by atoms with Crippen LogP contribution >= 0.6 is 0 Å². The first kappa shape index (κ1) is 47.4. The Balaban J connectivity index is 0.000000215. The summed E-state index contributed by atoms with van der Waals surface area (Å²) in [5, 5.41) is 0. The number of fused-ring (bicyclic) bond motifs is 8. The Labute approximate surface area is 375 Å². The molecule has 3 heteroatoms. The van der Waals surface area contributed by atoms with Gasteiger partial charge in [0.1, 0.15) is 0 Å². The number of hydrogen-bond acceptors (Lipinski definition) is 0. The van der Waals surface area contributed by atoms with Crippen LogP contribution in [0.2, 0.25) is 0 Å². The minimum absolute atomic E-state index is 0. The Morgan fingerprint density at radius 2 is 1.18 bits per heavy atom. The van der Waals surface area contributed by atoms with Gasteiger partial charge in [0, 0.05) is 10.8 Å². The van der Waals surface area contributed by atoms with Crippen LogP contribution in [0.5, 0.6) is 0 Å². The Morgan fingerprint density at radius 1 is 0.702 bits per heavy atom. The standard InChI is InChI=1S/C29H37.C13H10.C12H19.2ClH.Zr/c1-21-14-13-15-22-20-27(6)25(4)18-10-9-16-23(25,2)24(3)17-11-12-19-26(24,5)29(27,8)28(21,22)7;1-3-7-12(8-4-1)11-13-9-5-2-6-10-13;1-5-6-10-7-8-11(9-10)12(2,3)4;;;/h9-20,22H,1-8H3;1-10H;8-10H,5-6H2,1-4H3;2*1H;/q-1;;-1;;;+2/p-2. The van der Waals surface area contributed by atoms with E-state index in [2.05, 4.69) is 235 Å². The van der Waals surface area contributed by atoms with Crippen LogP contribution in [0.15, 0.2) is 151 Å². The van der Waals surface area contributed by atoms with E-state index in [1.165, 1.54) is 62.6 Å². The van der Waals surface area contributed by atoms with Crippen molar-refractivity contribution in [3.05, 3.63) is 174 Å². The zero-order valence-corrected chi connectivity index (χ0v) is 40.7.